The van der Waals surface area contributed by atoms with Crippen LogP contribution in [-0.4, -0.2) is 33.2 Å². The van der Waals surface area contributed by atoms with E-state index in [4.69, 9.17) is 4.74 Å². The lowest BCUT2D eigenvalue weighted by atomic mass is 9.90. The third-order valence-electron chi connectivity index (χ3n) is 3.01. The second-order valence-electron chi connectivity index (χ2n) is 3.96. The van der Waals surface area contributed by atoms with Crippen molar-refractivity contribution in [1.29, 1.82) is 0 Å². The molecule has 1 aromatic heterocycles. The minimum Gasteiger partial charge on any atom is -0.480 e. The summed E-state index contributed by atoms with van der Waals surface area (Å²) in [6.45, 7) is 2.03. The highest BCUT2D eigenvalue weighted by Crippen LogP contribution is 2.42. The molecule has 88 valence electrons. The van der Waals surface area contributed by atoms with Crippen molar-refractivity contribution in [3.8, 4) is 5.88 Å². The van der Waals surface area contributed by atoms with Gasteiger partial charge in [0.15, 0.2) is 0 Å². The zero-order valence-electron chi connectivity index (χ0n) is 9.51. The molecule has 0 bridgehead atoms. The van der Waals surface area contributed by atoms with Crippen LogP contribution in [0.5, 0.6) is 5.88 Å². The van der Waals surface area contributed by atoms with Gasteiger partial charge in [-0.05, 0) is 18.6 Å². The first-order valence-electron chi connectivity index (χ1n) is 5.38. The molecule has 1 aliphatic rings. The van der Waals surface area contributed by atoms with Crippen molar-refractivity contribution in [3.63, 3.8) is 0 Å². The van der Waals surface area contributed by atoms with Crippen LogP contribution in [0.4, 0.5) is 0 Å². The van der Waals surface area contributed by atoms with Crippen molar-refractivity contribution in [2.24, 2.45) is 0 Å². The third-order valence-corrected chi connectivity index (χ3v) is 4.43. The van der Waals surface area contributed by atoms with Crippen LogP contribution < -0.4 is 4.74 Å². The van der Waals surface area contributed by atoms with Gasteiger partial charge in [-0.1, -0.05) is 6.92 Å². The fourth-order valence-electron chi connectivity index (χ4n) is 2.03. The molecule has 0 radical (unpaired) electrons. The Labute approximate surface area is 99.5 Å². The second kappa shape index (κ2) is 4.59. The van der Waals surface area contributed by atoms with E-state index in [-0.39, 0.29) is 5.25 Å². The van der Waals surface area contributed by atoms with Crippen LogP contribution in [0.1, 0.15) is 25.5 Å². The molecular formula is C11H16N2O2S. The fraction of sp³-hybridized carbons (Fsp3) is 0.636. The van der Waals surface area contributed by atoms with E-state index in [1.165, 1.54) is 0 Å². The molecule has 1 aromatic rings. The molecule has 5 heteroatoms. The number of nitrogens with zero attached hydrogens (tertiary/aromatic N) is 2. The van der Waals surface area contributed by atoms with Crippen LogP contribution in [0.3, 0.4) is 0 Å². The molecule has 2 atom stereocenters. The van der Waals surface area contributed by atoms with E-state index in [1.807, 2.05) is 6.92 Å². The number of methoxy groups -OCH3 is 1. The van der Waals surface area contributed by atoms with E-state index in [0.717, 1.165) is 18.6 Å². The van der Waals surface area contributed by atoms with Gasteiger partial charge < -0.3 is 9.84 Å². The zero-order chi connectivity index (χ0) is 11.6. The van der Waals surface area contributed by atoms with Crippen molar-refractivity contribution < 1.29 is 9.84 Å². The maximum absolute atomic E-state index is 10.7. The molecule has 0 aromatic carbocycles. The highest BCUT2D eigenvalue weighted by Gasteiger charge is 2.42. The van der Waals surface area contributed by atoms with Crippen LogP contribution >= 0.6 is 11.8 Å². The highest BCUT2D eigenvalue weighted by molar-refractivity contribution is 8.00. The van der Waals surface area contributed by atoms with Gasteiger partial charge in [0.05, 0.1) is 7.11 Å². The van der Waals surface area contributed by atoms with Gasteiger partial charge in [0, 0.05) is 17.6 Å². The Morgan fingerprint density at radius 2 is 2.25 bits per heavy atom. The predicted octanol–water partition coefficient (Wildman–Crippen LogP) is 1.59. The molecule has 2 unspecified atom stereocenters. The molecule has 1 saturated heterocycles. The fourth-order valence-corrected chi connectivity index (χ4v) is 3.20. The molecule has 16 heavy (non-hydrogen) atoms. The predicted molar refractivity (Wildman–Crippen MR) is 63.6 cm³/mol. The molecule has 4 nitrogen and oxygen atoms in total. The quantitative estimate of drug-likeness (QED) is 0.850. The molecular weight excluding hydrogens is 224 g/mol. The summed E-state index contributed by atoms with van der Waals surface area (Å²) in [6, 6.07) is 0. The van der Waals surface area contributed by atoms with E-state index in [1.54, 1.807) is 31.3 Å². The van der Waals surface area contributed by atoms with Crippen LogP contribution in [0.25, 0.3) is 0 Å². The lowest BCUT2D eigenvalue weighted by Gasteiger charge is -2.37. The van der Waals surface area contributed by atoms with Gasteiger partial charge in [0.2, 0.25) is 5.88 Å². The Morgan fingerprint density at radius 3 is 2.94 bits per heavy atom. The van der Waals surface area contributed by atoms with E-state index >= 15 is 0 Å². The van der Waals surface area contributed by atoms with Crippen LogP contribution in [-0.2, 0) is 5.60 Å². The largest absolute Gasteiger partial charge is 0.480 e. The molecule has 0 amide bonds. The Morgan fingerprint density at radius 1 is 1.50 bits per heavy atom. The average molecular weight is 240 g/mol. The molecule has 1 N–H and O–H groups in total. The van der Waals surface area contributed by atoms with E-state index < -0.39 is 5.60 Å². The average Bonchev–Trinajstić information content (AvgIpc) is 2.33. The van der Waals surface area contributed by atoms with Crippen LogP contribution in [0, 0.1) is 0 Å². The van der Waals surface area contributed by atoms with Crippen LogP contribution in [0.2, 0.25) is 0 Å². The summed E-state index contributed by atoms with van der Waals surface area (Å²) in [7, 11) is 1.55. The Balaban J connectivity index is 2.40. The summed E-state index contributed by atoms with van der Waals surface area (Å²) in [5.41, 5.74) is -0.347. The summed E-state index contributed by atoms with van der Waals surface area (Å²) >= 11 is 1.77. The smallest absolute Gasteiger partial charge is 0.238 e. The Bertz CT molecular complexity index is 375. The van der Waals surface area contributed by atoms with Gasteiger partial charge in [-0.3, -0.25) is 4.98 Å². The van der Waals surface area contributed by atoms with Gasteiger partial charge in [-0.25, -0.2) is 4.98 Å². The molecule has 1 aliphatic heterocycles. The number of hydrogen-bond acceptors (Lipinski definition) is 5. The number of hydrogen-bond donors (Lipinski definition) is 1. The van der Waals surface area contributed by atoms with E-state index in [9.17, 15) is 5.11 Å². The SMILES string of the molecule is COc1nccnc1C1(O)CCCSC1C. The van der Waals surface area contributed by atoms with Gasteiger partial charge in [-0.2, -0.15) is 11.8 Å². The first kappa shape index (κ1) is 11.7. The van der Waals surface area contributed by atoms with Crippen molar-refractivity contribution in [2.75, 3.05) is 12.9 Å². The Kier molecular flexibility index (Phi) is 3.35. The third kappa shape index (κ3) is 1.89. The number of ether oxygens (including phenoxy) is 1. The van der Waals surface area contributed by atoms with Crippen molar-refractivity contribution in [2.45, 2.75) is 30.6 Å². The first-order valence-corrected chi connectivity index (χ1v) is 6.43. The second-order valence-corrected chi connectivity index (χ2v) is 5.40. The monoisotopic (exact) mass is 240 g/mol. The first-order chi connectivity index (χ1) is 7.68. The summed E-state index contributed by atoms with van der Waals surface area (Å²) in [5.74, 6) is 1.52. The zero-order valence-corrected chi connectivity index (χ0v) is 10.3. The molecule has 1 fully saturated rings. The van der Waals surface area contributed by atoms with Gasteiger partial charge in [-0.15, -0.1) is 0 Å². The highest BCUT2D eigenvalue weighted by atomic mass is 32.2. The summed E-state index contributed by atoms with van der Waals surface area (Å²) in [4.78, 5) is 8.34. The molecule has 0 aliphatic carbocycles. The lowest BCUT2D eigenvalue weighted by molar-refractivity contribution is 0.0180. The van der Waals surface area contributed by atoms with Crippen LogP contribution in [0.15, 0.2) is 12.4 Å². The van der Waals surface area contributed by atoms with Gasteiger partial charge >= 0.3 is 0 Å². The van der Waals surface area contributed by atoms with Gasteiger partial charge in [0.1, 0.15) is 11.3 Å². The van der Waals surface area contributed by atoms with Crippen molar-refractivity contribution in [3.05, 3.63) is 18.1 Å². The molecule has 2 rings (SSSR count). The molecule has 0 saturated carbocycles. The maximum atomic E-state index is 10.7. The maximum Gasteiger partial charge on any atom is 0.238 e. The normalized spacial score (nSPS) is 30.1. The lowest BCUT2D eigenvalue weighted by Crippen LogP contribution is -2.40. The topological polar surface area (TPSA) is 55.2 Å². The van der Waals surface area contributed by atoms with Crippen molar-refractivity contribution in [1.82, 2.24) is 9.97 Å². The summed E-state index contributed by atoms with van der Waals surface area (Å²) in [5, 5.41) is 10.8. The minimum absolute atomic E-state index is 0.117. The Hall–Kier alpha value is -0.810. The van der Waals surface area contributed by atoms with Crippen molar-refractivity contribution >= 4 is 11.8 Å². The van der Waals surface area contributed by atoms with E-state index in [0.29, 0.717) is 11.6 Å². The molecule has 2 heterocycles. The molecule has 0 spiro atoms. The van der Waals surface area contributed by atoms with E-state index in [2.05, 4.69) is 9.97 Å². The number of thioether (sulfide) groups is 1. The van der Waals surface area contributed by atoms with Gasteiger partial charge in [0.25, 0.3) is 0 Å². The number of aromatic nitrogens is 2. The standard InChI is InChI=1S/C11H16N2O2S/c1-8-11(14,4-3-7-16-8)9-10(15-2)13-6-5-12-9/h5-6,8,14H,3-4,7H2,1-2H3. The summed E-state index contributed by atoms with van der Waals surface area (Å²) < 4.78 is 5.17. The summed E-state index contributed by atoms with van der Waals surface area (Å²) in [6.07, 6.45) is 4.88. The minimum atomic E-state index is -0.914. The number of aliphatic hydroxyl groups is 1. The number of rotatable bonds is 2.